The van der Waals surface area contributed by atoms with Crippen LogP contribution >= 0.6 is 0 Å². The molecule has 1 atom stereocenters. The second-order valence-electron chi connectivity index (χ2n) is 5.24. The normalized spacial score (nSPS) is 13.0. The smallest absolute Gasteiger partial charge is 0.143 e. The van der Waals surface area contributed by atoms with E-state index < -0.39 is 6.10 Å². The van der Waals surface area contributed by atoms with E-state index in [0.717, 1.165) is 16.6 Å². The molecule has 0 aliphatic carbocycles. The highest BCUT2D eigenvalue weighted by Gasteiger charge is 2.20. The second-order valence-corrected chi connectivity index (χ2v) is 5.24. The summed E-state index contributed by atoms with van der Waals surface area (Å²) in [4.78, 5) is 4.62. The molecule has 0 amide bonds. The van der Waals surface area contributed by atoms with E-state index in [1.807, 2.05) is 54.6 Å². The van der Waals surface area contributed by atoms with E-state index in [2.05, 4.69) is 23.4 Å². The number of nitrogens with zero attached hydrogens (tertiary/aromatic N) is 2. The molecule has 0 spiro atoms. The van der Waals surface area contributed by atoms with Gasteiger partial charge in [-0.2, -0.15) is 0 Å². The Morgan fingerprint density at radius 2 is 1.60 bits per heavy atom. The van der Waals surface area contributed by atoms with Crippen LogP contribution in [0.25, 0.3) is 11.0 Å². The minimum atomic E-state index is -0.703. The highest BCUT2D eigenvalue weighted by molar-refractivity contribution is 5.76. The van der Waals surface area contributed by atoms with Gasteiger partial charge in [-0.3, -0.25) is 0 Å². The van der Waals surface area contributed by atoms with Gasteiger partial charge in [-0.25, -0.2) is 4.98 Å². The van der Waals surface area contributed by atoms with Crippen LogP contribution in [0, 0.1) is 0 Å². The summed E-state index contributed by atoms with van der Waals surface area (Å²) in [6, 6.07) is 17.9. The predicted octanol–water partition coefficient (Wildman–Crippen LogP) is 3.70. The van der Waals surface area contributed by atoms with Crippen LogP contribution < -0.4 is 0 Å². The van der Waals surface area contributed by atoms with Crippen molar-refractivity contribution in [3.63, 3.8) is 0 Å². The largest absolute Gasteiger partial charge is 0.380 e. The van der Waals surface area contributed by atoms with Gasteiger partial charge >= 0.3 is 0 Å². The van der Waals surface area contributed by atoms with Gasteiger partial charge in [0, 0.05) is 6.04 Å². The monoisotopic (exact) mass is 266 g/mol. The predicted molar refractivity (Wildman–Crippen MR) is 80.6 cm³/mol. The average Bonchev–Trinajstić information content (AvgIpc) is 2.86. The Hall–Kier alpha value is -2.13. The van der Waals surface area contributed by atoms with Crippen molar-refractivity contribution >= 4 is 11.0 Å². The first kappa shape index (κ1) is 12.9. The molecular weight excluding hydrogens is 248 g/mol. The van der Waals surface area contributed by atoms with E-state index in [-0.39, 0.29) is 6.04 Å². The summed E-state index contributed by atoms with van der Waals surface area (Å²) < 4.78 is 2.10. The van der Waals surface area contributed by atoms with Crippen molar-refractivity contribution in [1.29, 1.82) is 0 Å². The molecule has 0 bridgehead atoms. The maximum Gasteiger partial charge on any atom is 0.143 e. The Kier molecular flexibility index (Phi) is 3.28. The van der Waals surface area contributed by atoms with Gasteiger partial charge in [0.05, 0.1) is 11.0 Å². The molecule has 3 nitrogen and oxygen atoms in total. The van der Waals surface area contributed by atoms with Crippen molar-refractivity contribution in [2.24, 2.45) is 0 Å². The van der Waals surface area contributed by atoms with Crippen LogP contribution in [-0.2, 0) is 0 Å². The number of hydrogen-bond donors (Lipinski definition) is 1. The van der Waals surface area contributed by atoms with Crippen LogP contribution in [0.2, 0.25) is 0 Å². The number of para-hydroxylation sites is 2. The first-order chi connectivity index (χ1) is 9.68. The summed E-state index contributed by atoms with van der Waals surface area (Å²) in [6.45, 7) is 4.21. The zero-order valence-electron chi connectivity index (χ0n) is 11.7. The number of aromatic nitrogens is 2. The Morgan fingerprint density at radius 1 is 0.950 bits per heavy atom. The van der Waals surface area contributed by atoms with Gasteiger partial charge < -0.3 is 9.67 Å². The minimum Gasteiger partial charge on any atom is -0.380 e. The van der Waals surface area contributed by atoms with E-state index in [1.165, 1.54) is 0 Å². The van der Waals surface area contributed by atoms with Crippen molar-refractivity contribution in [1.82, 2.24) is 9.55 Å². The topological polar surface area (TPSA) is 38.0 Å². The lowest BCUT2D eigenvalue weighted by molar-refractivity contribution is 0.203. The third-order valence-electron chi connectivity index (χ3n) is 3.50. The van der Waals surface area contributed by atoms with Gasteiger partial charge in [-0.1, -0.05) is 42.5 Å². The molecule has 102 valence electrons. The molecule has 0 radical (unpaired) electrons. The van der Waals surface area contributed by atoms with Crippen molar-refractivity contribution in [2.75, 3.05) is 0 Å². The van der Waals surface area contributed by atoms with E-state index in [0.29, 0.717) is 5.82 Å². The molecule has 3 heteroatoms. The van der Waals surface area contributed by atoms with Crippen LogP contribution in [0.3, 0.4) is 0 Å². The summed E-state index contributed by atoms with van der Waals surface area (Å²) in [5.74, 6) is 0.701. The highest BCUT2D eigenvalue weighted by atomic mass is 16.3. The lowest BCUT2D eigenvalue weighted by atomic mass is 10.1. The molecule has 0 fully saturated rings. The standard InChI is InChI=1S/C17H18N2O/c1-12(2)19-15-11-7-6-10-14(15)18-17(19)16(20)13-8-4-3-5-9-13/h3-12,16,20H,1-2H3/t16-/m1/s1. The molecular formula is C17H18N2O. The van der Waals surface area contributed by atoms with Crippen molar-refractivity contribution in [3.05, 3.63) is 66.0 Å². The van der Waals surface area contributed by atoms with Crippen LogP contribution in [-0.4, -0.2) is 14.7 Å². The number of imidazole rings is 1. The Morgan fingerprint density at radius 3 is 2.30 bits per heavy atom. The third-order valence-corrected chi connectivity index (χ3v) is 3.50. The molecule has 3 rings (SSSR count). The minimum absolute atomic E-state index is 0.246. The SMILES string of the molecule is CC(C)n1c([C@H](O)c2ccccc2)nc2ccccc21. The summed E-state index contributed by atoms with van der Waals surface area (Å²) in [5.41, 5.74) is 2.85. The van der Waals surface area contributed by atoms with Crippen molar-refractivity contribution in [2.45, 2.75) is 26.0 Å². The summed E-state index contributed by atoms with van der Waals surface area (Å²) in [6.07, 6.45) is -0.703. The zero-order chi connectivity index (χ0) is 14.1. The molecule has 1 heterocycles. The molecule has 0 aliphatic rings. The van der Waals surface area contributed by atoms with Gasteiger partial charge in [-0.05, 0) is 31.5 Å². The van der Waals surface area contributed by atoms with Crippen LogP contribution in [0.4, 0.5) is 0 Å². The van der Waals surface area contributed by atoms with E-state index in [1.54, 1.807) is 0 Å². The van der Waals surface area contributed by atoms with E-state index in [9.17, 15) is 5.11 Å². The summed E-state index contributed by atoms with van der Waals surface area (Å²) in [5, 5.41) is 10.6. The first-order valence-corrected chi connectivity index (χ1v) is 6.88. The quantitative estimate of drug-likeness (QED) is 0.785. The van der Waals surface area contributed by atoms with Gasteiger partial charge in [0.15, 0.2) is 0 Å². The molecule has 3 aromatic rings. The fourth-order valence-corrected chi connectivity index (χ4v) is 2.58. The van der Waals surface area contributed by atoms with E-state index in [4.69, 9.17) is 0 Å². The lowest BCUT2D eigenvalue weighted by Gasteiger charge is -2.17. The molecule has 0 saturated heterocycles. The van der Waals surface area contributed by atoms with Crippen molar-refractivity contribution < 1.29 is 5.11 Å². The maximum atomic E-state index is 10.6. The van der Waals surface area contributed by atoms with Crippen molar-refractivity contribution in [3.8, 4) is 0 Å². The molecule has 2 aromatic carbocycles. The van der Waals surface area contributed by atoms with Gasteiger partial charge in [0.2, 0.25) is 0 Å². The fraction of sp³-hybridized carbons (Fsp3) is 0.235. The zero-order valence-corrected chi connectivity index (χ0v) is 11.7. The Balaban J connectivity index is 2.18. The number of benzene rings is 2. The number of aliphatic hydroxyl groups excluding tert-OH is 1. The maximum absolute atomic E-state index is 10.6. The molecule has 0 unspecified atom stereocenters. The van der Waals surface area contributed by atoms with Crippen LogP contribution in [0.5, 0.6) is 0 Å². The molecule has 0 aliphatic heterocycles. The van der Waals surface area contributed by atoms with Gasteiger partial charge in [-0.15, -0.1) is 0 Å². The van der Waals surface area contributed by atoms with E-state index >= 15 is 0 Å². The number of rotatable bonds is 3. The molecule has 1 aromatic heterocycles. The third kappa shape index (κ3) is 2.10. The Bertz CT molecular complexity index is 716. The first-order valence-electron chi connectivity index (χ1n) is 6.88. The van der Waals surface area contributed by atoms with Crippen LogP contribution in [0.15, 0.2) is 54.6 Å². The number of hydrogen-bond acceptors (Lipinski definition) is 2. The average molecular weight is 266 g/mol. The molecule has 20 heavy (non-hydrogen) atoms. The summed E-state index contributed by atoms with van der Waals surface area (Å²) >= 11 is 0. The highest BCUT2D eigenvalue weighted by Crippen LogP contribution is 2.28. The van der Waals surface area contributed by atoms with Gasteiger partial charge in [0.1, 0.15) is 11.9 Å². The van der Waals surface area contributed by atoms with Gasteiger partial charge in [0.25, 0.3) is 0 Å². The summed E-state index contributed by atoms with van der Waals surface area (Å²) in [7, 11) is 0. The molecule has 0 saturated carbocycles. The number of fused-ring (bicyclic) bond motifs is 1. The lowest BCUT2D eigenvalue weighted by Crippen LogP contribution is -2.11. The Labute approximate surface area is 118 Å². The number of aliphatic hydroxyl groups is 1. The fourth-order valence-electron chi connectivity index (χ4n) is 2.58. The second kappa shape index (κ2) is 5.10. The van der Waals surface area contributed by atoms with Crippen LogP contribution in [0.1, 0.15) is 37.4 Å². The molecule has 1 N–H and O–H groups in total.